The van der Waals surface area contributed by atoms with Crippen LogP contribution < -0.4 is 5.32 Å². The van der Waals surface area contributed by atoms with Crippen molar-refractivity contribution >= 4 is 23.4 Å². The van der Waals surface area contributed by atoms with E-state index in [1.165, 1.54) is 0 Å². The monoisotopic (exact) mass is 304 g/mol. The Morgan fingerprint density at radius 3 is 2.73 bits per heavy atom. The van der Waals surface area contributed by atoms with Gasteiger partial charge >= 0.3 is 11.9 Å². The maximum atomic E-state index is 11.6. The van der Waals surface area contributed by atoms with Gasteiger partial charge in [0.05, 0.1) is 6.07 Å². The normalized spacial score (nSPS) is 10.0. The van der Waals surface area contributed by atoms with E-state index in [0.717, 1.165) is 17.7 Å². The highest BCUT2D eigenvalue weighted by molar-refractivity contribution is 5.94. The Bertz CT molecular complexity index is 722. The van der Waals surface area contributed by atoms with Crippen LogP contribution in [-0.4, -0.2) is 23.4 Å². The molecule has 22 heavy (non-hydrogen) atoms. The third-order valence-corrected chi connectivity index (χ3v) is 2.61. The number of rotatable bonds is 5. The largest absolute Gasteiger partial charge is 0.450 e. The lowest BCUT2D eigenvalue weighted by molar-refractivity contribution is -0.402. The van der Waals surface area contributed by atoms with E-state index in [9.17, 15) is 19.7 Å². The molecule has 8 nitrogen and oxygen atoms in total. The smallest absolute Gasteiger partial charge is 0.433 e. The SMILES string of the molecule is Cc1cccc(NC(=O)COC(=O)c2ccc([N+](=O)[O-])o2)c1. The van der Waals surface area contributed by atoms with Crippen molar-refractivity contribution in [3.63, 3.8) is 0 Å². The second kappa shape index (κ2) is 6.53. The first-order valence-corrected chi connectivity index (χ1v) is 6.23. The summed E-state index contributed by atoms with van der Waals surface area (Å²) in [6.45, 7) is 1.35. The number of benzene rings is 1. The predicted molar refractivity (Wildman–Crippen MR) is 75.5 cm³/mol. The molecule has 0 unspecified atom stereocenters. The molecule has 1 amide bonds. The molecule has 0 aliphatic carbocycles. The summed E-state index contributed by atoms with van der Waals surface area (Å²) in [7, 11) is 0. The third kappa shape index (κ3) is 3.92. The zero-order valence-corrected chi connectivity index (χ0v) is 11.6. The van der Waals surface area contributed by atoms with E-state index in [2.05, 4.69) is 9.73 Å². The molecule has 1 aromatic heterocycles. The molecular weight excluding hydrogens is 292 g/mol. The van der Waals surface area contributed by atoms with Crippen LogP contribution in [0.5, 0.6) is 0 Å². The van der Waals surface area contributed by atoms with E-state index in [1.807, 2.05) is 13.0 Å². The van der Waals surface area contributed by atoms with Gasteiger partial charge in [-0.15, -0.1) is 0 Å². The van der Waals surface area contributed by atoms with Crippen LogP contribution in [0.4, 0.5) is 11.6 Å². The van der Waals surface area contributed by atoms with Crippen LogP contribution in [0.2, 0.25) is 0 Å². The Balaban J connectivity index is 1.87. The van der Waals surface area contributed by atoms with Gasteiger partial charge in [0.2, 0.25) is 5.76 Å². The maximum Gasteiger partial charge on any atom is 0.433 e. The molecule has 1 heterocycles. The quantitative estimate of drug-likeness (QED) is 0.515. The van der Waals surface area contributed by atoms with Crippen LogP contribution in [0.25, 0.3) is 0 Å². The van der Waals surface area contributed by atoms with Crippen molar-refractivity contribution in [1.29, 1.82) is 0 Å². The van der Waals surface area contributed by atoms with E-state index in [4.69, 9.17) is 4.74 Å². The van der Waals surface area contributed by atoms with Crippen molar-refractivity contribution < 1.29 is 23.7 Å². The Morgan fingerprint density at radius 1 is 1.32 bits per heavy atom. The van der Waals surface area contributed by atoms with Gasteiger partial charge in [-0.25, -0.2) is 4.79 Å². The van der Waals surface area contributed by atoms with Gasteiger partial charge in [0.1, 0.15) is 4.92 Å². The lowest BCUT2D eigenvalue weighted by Crippen LogP contribution is -2.20. The van der Waals surface area contributed by atoms with E-state index in [0.29, 0.717) is 5.69 Å². The number of carbonyl (C=O) groups excluding carboxylic acids is 2. The number of nitrogens with zero attached hydrogens (tertiary/aromatic N) is 1. The number of esters is 1. The second-order valence-corrected chi connectivity index (χ2v) is 4.39. The van der Waals surface area contributed by atoms with Crippen molar-refractivity contribution in [2.75, 3.05) is 11.9 Å². The first kappa shape index (κ1) is 15.2. The Morgan fingerprint density at radius 2 is 2.09 bits per heavy atom. The molecule has 0 aliphatic heterocycles. The topological polar surface area (TPSA) is 112 Å². The molecule has 1 aromatic carbocycles. The lowest BCUT2D eigenvalue weighted by atomic mass is 10.2. The summed E-state index contributed by atoms with van der Waals surface area (Å²) in [5.41, 5.74) is 1.55. The highest BCUT2D eigenvalue weighted by Gasteiger charge is 2.19. The van der Waals surface area contributed by atoms with E-state index < -0.39 is 29.3 Å². The van der Waals surface area contributed by atoms with Crippen molar-refractivity contribution in [1.82, 2.24) is 0 Å². The molecule has 0 bridgehead atoms. The van der Waals surface area contributed by atoms with Gasteiger partial charge in [-0.1, -0.05) is 12.1 Å². The number of furan rings is 1. The Hall–Kier alpha value is -3.16. The standard InChI is InChI=1S/C14H12N2O6/c1-9-3-2-4-10(7-9)15-12(17)8-21-14(18)11-5-6-13(22-11)16(19)20/h2-7H,8H2,1H3,(H,15,17). The number of amides is 1. The molecule has 8 heteroatoms. The highest BCUT2D eigenvalue weighted by atomic mass is 16.7. The van der Waals surface area contributed by atoms with Crippen molar-refractivity contribution in [2.45, 2.75) is 6.92 Å². The minimum atomic E-state index is -0.951. The minimum absolute atomic E-state index is 0.338. The predicted octanol–water partition coefficient (Wildman–Crippen LogP) is 2.29. The van der Waals surface area contributed by atoms with Crippen LogP contribution in [-0.2, 0) is 9.53 Å². The second-order valence-electron chi connectivity index (χ2n) is 4.39. The number of hydrogen-bond donors (Lipinski definition) is 1. The van der Waals surface area contributed by atoms with Crippen LogP contribution >= 0.6 is 0 Å². The number of hydrogen-bond acceptors (Lipinski definition) is 6. The van der Waals surface area contributed by atoms with E-state index in [1.54, 1.807) is 18.2 Å². The summed E-state index contributed by atoms with van der Waals surface area (Å²) in [4.78, 5) is 32.9. The average molecular weight is 304 g/mol. The number of aryl methyl sites for hydroxylation is 1. The molecule has 1 N–H and O–H groups in total. The molecule has 0 fully saturated rings. The van der Waals surface area contributed by atoms with Gasteiger partial charge in [-0.3, -0.25) is 14.9 Å². The Labute approximate surface area is 124 Å². The summed E-state index contributed by atoms with van der Waals surface area (Å²) in [6, 6.07) is 9.25. The number of ether oxygens (including phenoxy) is 1. The molecule has 114 valence electrons. The molecule has 0 radical (unpaired) electrons. The van der Waals surface area contributed by atoms with Crippen LogP contribution in [0.1, 0.15) is 16.1 Å². The first-order valence-electron chi connectivity index (χ1n) is 6.23. The van der Waals surface area contributed by atoms with Gasteiger partial charge in [0, 0.05) is 5.69 Å². The van der Waals surface area contributed by atoms with Crippen molar-refractivity contribution in [3.8, 4) is 0 Å². The van der Waals surface area contributed by atoms with Gasteiger partial charge in [-0.05, 0) is 30.7 Å². The third-order valence-electron chi connectivity index (χ3n) is 2.61. The van der Waals surface area contributed by atoms with Crippen molar-refractivity contribution in [3.05, 3.63) is 57.8 Å². The first-order chi connectivity index (χ1) is 10.5. The molecule has 0 aliphatic rings. The summed E-state index contributed by atoms with van der Waals surface area (Å²) < 4.78 is 9.39. The van der Waals surface area contributed by atoms with Crippen LogP contribution in [0, 0.1) is 17.0 Å². The van der Waals surface area contributed by atoms with Gasteiger partial charge in [0.15, 0.2) is 6.61 Å². The van der Waals surface area contributed by atoms with Gasteiger partial charge < -0.3 is 14.5 Å². The minimum Gasteiger partial charge on any atom is -0.450 e. The van der Waals surface area contributed by atoms with Crippen LogP contribution in [0.3, 0.4) is 0 Å². The number of carbonyl (C=O) groups is 2. The average Bonchev–Trinajstić information content (AvgIpc) is 2.95. The molecule has 2 rings (SSSR count). The molecule has 0 saturated heterocycles. The number of nitrogens with one attached hydrogen (secondary N) is 1. The van der Waals surface area contributed by atoms with Gasteiger partial charge in [-0.2, -0.15) is 0 Å². The van der Waals surface area contributed by atoms with E-state index in [-0.39, 0.29) is 5.76 Å². The summed E-state index contributed by atoms with van der Waals surface area (Å²) >= 11 is 0. The summed E-state index contributed by atoms with van der Waals surface area (Å²) in [6.07, 6.45) is 0. The fraction of sp³-hybridized carbons (Fsp3) is 0.143. The van der Waals surface area contributed by atoms with Crippen molar-refractivity contribution in [2.24, 2.45) is 0 Å². The van der Waals surface area contributed by atoms with E-state index >= 15 is 0 Å². The zero-order chi connectivity index (χ0) is 16.1. The molecular formula is C14H12N2O6. The Kier molecular flexibility index (Phi) is 4.52. The molecule has 2 aromatic rings. The molecule has 0 atom stereocenters. The van der Waals surface area contributed by atoms with Crippen LogP contribution in [0.15, 0.2) is 40.8 Å². The fourth-order valence-electron chi connectivity index (χ4n) is 1.66. The lowest BCUT2D eigenvalue weighted by Gasteiger charge is -2.06. The summed E-state index contributed by atoms with van der Waals surface area (Å²) in [5, 5.41) is 13.0. The fourth-order valence-corrected chi connectivity index (χ4v) is 1.66. The highest BCUT2D eigenvalue weighted by Crippen LogP contribution is 2.16. The number of nitro groups is 1. The van der Waals surface area contributed by atoms with Gasteiger partial charge in [0.25, 0.3) is 5.91 Å². The number of anilines is 1. The summed E-state index contributed by atoms with van der Waals surface area (Å²) in [5.74, 6) is -2.39. The maximum absolute atomic E-state index is 11.6. The molecule has 0 saturated carbocycles. The zero-order valence-electron chi connectivity index (χ0n) is 11.6. The molecule has 0 spiro atoms.